The summed E-state index contributed by atoms with van der Waals surface area (Å²) >= 11 is 0. The summed E-state index contributed by atoms with van der Waals surface area (Å²) in [6, 6.07) is 8.24. The van der Waals surface area contributed by atoms with Gasteiger partial charge < -0.3 is 10.6 Å². The number of carbonyl (C=O) groups is 1. The van der Waals surface area contributed by atoms with Crippen LogP contribution in [0.3, 0.4) is 0 Å². The molecule has 0 aromatic heterocycles. The predicted molar refractivity (Wildman–Crippen MR) is 82.5 cm³/mol. The number of piperazine rings is 1. The maximum atomic E-state index is 12.3. The van der Waals surface area contributed by atoms with Crippen molar-refractivity contribution in [1.82, 2.24) is 9.80 Å². The van der Waals surface area contributed by atoms with E-state index in [1.54, 1.807) is 0 Å². The molecule has 1 aromatic carbocycles. The molecule has 4 nitrogen and oxygen atoms in total. The summed E-state index contributed by atoms with van der Waals surface area (Å²) < 4.78 is 0. The molecule has 0 bridgehead atoms. The van der Waals surface area contributed by atoms with E-state index in [0.717, 1.165) is 43.9 Å². The second-order valence-electron chi connectivity index (χ2n) is 5.52. The number of nitrogens with two attached hydrogens (primary N) is 1. The van der Waals surface area contributed by atoms with Crippen molar-refractivity contribution < 1.29 is 4.79 Å². The summed E-state index contributed by atoms with van der Waals surface area (Å²) in [5.74, 6) is 0.246. The van der Waals surface area contributed by atoms with Crippen molar-refractivity contribution in [2.45, 2.75) is 32.7 Å². The predicted octanol–water partition coefficient (Wildman–Crippen LogP) is 1.75. The van der Waals surface area contributed by atoms with Crippen molar-refractivity contribution in [2.24, 2.45) is 0 Å². The van der Waals surface area contributed by atoms with Gasteiger partial charge in [0.1, 0.15) is 0 Å². The van der Waals surface area contributed by atoms with Gasteiger partial charge in [-0.15, -0.1) is 0 Å². The van der Waals surface area contributed by atoms with Crippen LogP contribution in [0.2, 0.25) is 0 Å². The molecule has 0 radical (unpaired) electrons. The van der Waals surface area contributed by atoms with Gasteiger partial charge in [-0.2, -0.15) is 0 Å². The van der Waals surface area contributed by atoms with E-state index in [1.165, 1.54) is 0 Å². The molecule has 0 aliphatic carbocycles. The number of nitrogens with zero attached hydrogens (tertiary/aromatic N) is 2. The van der Waals surface area contributed by atoms with Gasteiger partial charge in [0.15, 0.2) is 0 Å². The first-order chi connectivity index (χ1) is 9.61. The number of carbonyl (C=O) groups excluding carboxylic acids is 1. The van der Waals surface area contributed by atoms with E-state index in [2.05, 4.69) is 18.7 Å². The van der Waals surface area contributed by atoms with E-state index in [-0.39, 0.29) is 5.91 Å². The van der Waals surface area contributed by atoms with Crippen LogP contribution in [0.5, 0.6) is 0 Å². The summed E-state index contributed by atoms with van der Waals surface area (Å²) in [7, 11) is 0. The first kappa shape index (κ1) is 14.9. The van der Waals surface area contributed by atoms with Crippen LogP contribution in [0, 0.1) is 0 Å². The number of para-hydroxylation sites is 1. The van der Waals surface area contributed by atoms with E-state index in [9.17, 15) is 4.79 Å². The fraction of sp³-hybridized carbons (Fsp3) is 0.562. The molecular weight excluding hydrogens is 250 g/mol. The molecule has 1 atom stereocenters. The Morgan fingerprint density at radius 3 is 2.75 bits per heavy atom. The Morgan fingerprint density at radius 2 is 2.10 bits per heavy atom. The molecule has 0 saturated carbocycles. The number of likely N-dealkylation sites (N-methyl/N-ethyl adjacent to an activating group) is 1. The zero-order valence-corrected chi connectivity index (χ0v) is 12.5. The van der Waals surface area contributed by atoms with Gasteiger partial charge in [0, 0.05) is 37.8 Å². The van der Waals surface area contributed by atoms with E-state index >= 15 is 0 Å². The fourth-order valence-corrected chi connectivity index (χ4v) is 2.85. The SMILES string of the molecule is CCN1CCN(C(=O)CCc2ccccc2N)CC1C. The van der Waals surface area contributed by atoms with Gasteiger partial charge in [0.2, 0.25) is 5.91 Å². The summed E-state index contributed by atoms with van der Waals surface area (Å²) in [6.45, 7) is 8.10. The van der Waals surface area contributed by atoms with Gasteiger partial charge >= 0.3 is 0 Å². The van der Waals surface area contributed by atoms with Crippen LogP contribution in [-0.2, 0) is 11.2 Å². The summed E-state index contributed by atoms with van der Waals surface area (Å²) in [6.07, 6.45) is 1.28. The minimum Gasteiger partial charge on any atom is -0.399 e. The quantitative estimate of drug-likeness (QED) is 0.852. The Bertz CT molecular complexity index is 461. The third-order valence-corrected chi connectivity index (χ3v) is 4.19. The van der Waals surface area contributed by atoms with Crippen molar-refractivity contribution in [3.8, 4) is 0 Å². The average molecular weight is 275 g/mol. The number of hydrogen-bond acceptors (Lipinski definition) is 3. The average Bonchev–Trinajstić information content (AvgIpc) is 2.46. The van der Waals surface area contributed by atoms with E-state index in [4.69, 9.17) is 5.73 Å². The largest absolute Gasteiger partial charge is 0.399 e. The molecule has 1 aromatic rings. The molecule has 1 amide bonds. The van der Waals surface area contributed by atoms with Crippen LogP contribution >= 0.6 is 0 Å². The van der Waals surface area contributed by atoms with E-state index in [1.807, 2.05) is 29.2 Å². The van der Waals surface area contributed by atoms with E-state index in [0.29, 0.717) is 12.5 Å². The molecule has 110 valence electrons. The number of amides is 1. The minimum atomic E-state index is 0.246. The molecule has 2 N–H and O–H groups in total. The Morgan fingerprint density at radius 1 is 1.35 bits per heavy atom. The van der Waals surface area contributed by atoms with Crippen LogP contribution < -0.4 is 5.73 Å². The van der Waals surface area contributed by atoms with Crippen molar-refractivity contribution in [2.75, 3.05) is 31.9 Å². The monoisotopic (exact) mass is 275 g/mol. The van der Waals surface area contributed by atoms with Crippen molar-refractivity contribution in [3.05, 3.63) is 29.8 Å². The number of nitrogen functional groups attached to an aromatic ring is 1. The highest BCUT2D eigenvalue weighted by molar-refractivity contribution is 5.76. The zero-order chi connectivity index (χ0) is 14.5. The standard InChI is InChI=1S/C16H25N3O/c1-3-18-10-11-19(12-13(18)2)16(20)9-8-14-6-4-5-7-15(14)17/h4-7,13H,3,8-12,17H2,1-2H3. The van der Waals surface area contributed by atoms with Crippen molar-refractivity contribution in [3.63, 3.8) is 0 Å². The van der Waals surface area contributed by atoms with Crippen molar-refractivity contribution in [1.29, 1.82) is 0 Å². The minimum absolute atomic E-state index is 0.246. The number of hydrogen-bond donors (Lipinski definition) is 1. The maximum Gasteiger partial charge on any atom is 0.222 e. The van der Waals surface area contributed by atoms with Gasteiger partial charge in [-0.3, -0.25) is 9.69 Å². The fourth-order valence-electron chi connectivity index (χ4n) is 2.85. The number of rotatable bonds is 4. The van der Waals surface area contributed by atoms with Gasteiger partial charge in [-0.05, 0) is 31.5 Å². The van der Waals surface area contributed by atoms with Crippen LogP contribution in [-0.4, -0.2) is 47.9 Å². The summed E-state index contributed by atoms with van der Waals surface area (Å²) in [4.78, 5) is 16.7. The normalized spacial score (nSPS) is 20.1. The van der Waals surface area contributed by atoms with Gasteiger partial charge in [-0.1, -0.05) is 25.1 Å². The topological polar surface area (TPSA) is 49.6 Å². The second kappa shape index (κ2) is 6.75. The molecule has 1 aliphatic heterocycles. The molecule has 0 spiro atoms. The highest BCUT2D eigenvalue weighted by atomic mass is 16.2. The molecule has 1 unspecified atom stereocenters. The third-order valence-electron chi connectivity index (χ3n) is 4.19. The molecule has 1 heterocycles. The lowest BCUT2D eigenvalue weighted by atomic mass is 10.1. The molecule has 1 saturated heterocycles. The van der Waals surface area contributed by atoms with Crippen LogP contribution in [0.15, 0.2) is 24.3 Å². The Balaban J connectivity index is 1.85. The van der Waals surface area contributed by atoms with Gasteiger partial charge in [0.05, 0.1) is 0 Å². The van der Waals surface area contributed by atoms with Gasteiger partial charge in [-0.25, -0.2) is 0 Å². The van der Waals surface area contributed by atoms with Crippen LogP contribution in [0.25, 0.3) is 0 Å². The molecular formula is C16H25N3O. The molecule has 2 rings (SSSR count). The lowest BCUT2D eigenvalue weighted by molar-refractivity contribution is -0.134. The molecule has 1 fully saturated rings. The Kier molecular flexibility index (Phi) is 5.01. The smallest absolute Gasteiger partial charge is 0.222 e. The number of anilines is 1. The zero-order valence-electron chi connectivity index (χ0n) is 12.5. The molecule has 4 heteroatoms. The summed E-state index contributed by atoms with van der Waals surface area (Å²) in [5, 5.41) is 0. The lowest BCUT2D eigenvalue weighted by Gasteiger charge is -2.39. The molecule has 20 heavy (non-hydrogen) atoms. The van der Waals surface area contributed by atoms with Crippen molar-refractivity contribution >= 4 is 11.6 Å². The van der Waals surface area contributed by atoms with Crippen LogP contribution in [0.1, 0.15) is 25.8 Å². The number of benzene rings is 1. The highest BCUT2D eigenvalue weighted by Gasteiger charge is 2.25. The first-order valence-electron chi connectivity index (χ1n) is 7.47. The highest BCUT2D eigenvalue weighted by Crippen LogP contribution is 2.15. The third kappa shape index (κ3) is 3.51. The maximum absolute atomic E-state index is 12.3. The van der Waals surface area contributed by atoms with Gasteiger partial charge in [0.25, 0.3) is 0 Å². The van der Waals surface area contributed by atoms with E-state index < -0.39 is 0 Å². The Labute approximate surface area is 121 Å². The number of aryl methyl sites for hydroxylation is 1. The lowest BCUT2D eigenvalue weighted by Crippen LogP contribution is -2.53. The van der Waals surface area contributed by atoms with Crippen LogP contribution in [0.4, 0.5) is 5.69 Å². The first-order valence-corrected chi connectivity index (χ1v) is 7.47. The second-order valence-corrected chi connectivity index (χ2v) is 5.52. The molecule has 1 aliphatic rings. The Hall–Kier alpha value is -1.55. The summed E-state index contributed by atoms with van der Waals surface area (Å²) in [5.41, 5.74) is 7.76.